The first kappa shape index (κ1) is 22.3. The van der Waals surface area contributed by atoms with Crippen LogP contribution in [-0.2, 0) is 16.1 Å². The highest BCUT2D eigenvalue weighted by Crippen LogP contribution is 2.41. The number of rotatable bonds is 6. The van der Waals surface area contributed by atoms with Gasteiger partial charge in [-0.05, 0) is 53.9 Å². The van der Waals surface area contributed by atoms with E-state index in [1.807, 2.05) is 0 Å². The van der Waals surface area contributed by atoms with Gasteiger partial charge in [0.2, 0.25) is 0 Å². The lowest BCUT2D eigenvalue weighted by molar-refractivity contribution is -0.160. The Labute approximate surface area is 191 Å². The van der Waals surface area contributed by atoms with Gasteiger partial charge in [-0.3, -0.25) is 14.6 Å². The van der Waals surface area contributed by atoms with Crippen LogP contribution in [0.2, 0.25) is 0 Å². The van der Waals surface area contributed by atoms with Crippen molar-refractivity contribution in [3.63, 3.8) is 0 Å². The van der Waals surface area contributed by atoms with Gasteiger partial charge in [0.15, 0.2) is 17.4 Å². The highest BCUT2D eigenvalue weighted by molar-refractivity contribution is 9.10. The maximum Gasteiger partial charge on any atom is 0.275 e. The summed E-state index contributed by atoms with van der Waals surface area (Å²) in [5.41, 5.74) is -1.36. The molecule has 2 aliphatic rings. The summed E-state index contributed by atoms with van der Waals surface area (Å²) in [6.45, 7) is 1.64. The molecular formula is C22H21BrF2N4O3. The summed E-state index contributed by atoms with van der Waals surface area (Å²) in [5, 5.41) is 16.7. The quantitative estimate of drug-likeness (QED) is 0.580. The highest BCUT2D eigenvalue weighted by Gasteiger charge is 2.52. The van der Waals surface area contributed by atoms with Gasteiger partial charge in [-0.25, -0.2) is 18.8 Å². The summed E-state index contributed by atoms with van der Waals surface area (Å²) in [6, 6.07) is 7.15. The van der Waals surface area contributed by atoms with Gasteiger partial charge in [-0.2, -0.15) is 0 Å². The SMILES string of the molecule is C[C@]12CCCN1N(Cc1cccc(F)c1F)C(=O)C(C(=O)CNc1ccc(Br)cn1)=C2O. The number of hydrogen-bond acceptors (Lipinski definition) is 6. The zero-order valence-electron chi connectivity index (χ0n) is 17.2. The molecule has 1 aromatic carbocycles. The Bertz CT molecular complexity index is 1110. The summed E-state index contributed by atoms with van der Waals surface area (Å²) in [4.78, 5) is 30.4. The number of anilines is 1. The first-order chi connectivity index (χ1) is 15.2. The fourth-order valence-electron chi connectivity index (χ4n) is 4.17. The van der Waals surface area contributed by atoms with Gasteiger partial charge in [-0.1, -0.05) is 12.1 Å². The van der Waals surface area contributed by atoms with Crippen molar-refractivity contribution in [2.24, 2.45) is 0 Å². The second-order valence-electron chi connectivity index (χ2n) is 7.94. The number of aromatic nitrogens is 1. The second-order valence-corrected chi connectivity index (χ2v) is 8.85. The fourth-order valence-corrected chi connectivity index (χ4v) is 4.40. The molecule has 2 aliphatic heterocycles. The lowest BCUT2D eigenvalue weighted by atomic mass is 9.89. The number of nitrogens with zero attached hydrogens (tertiary/aromatic N) is 3. The van der Waals surface area contributed by atoms with Gasteiger partial charge < -0.3 is 10.4 Å². The number of fused-ring (bicyclic) bond motifs is 1. The standard InChI is InChI=1S/C22H21BrF2N4O3/c1-22-8-3-9-29(22)28(12-13-4-2-5-15(24)19(13)25)21(32)18(20(22)31)16(30)11-27-17-7-6-14(23)10-26-17/h2,4-7,10,31H,3,8-9,11-12H2,1H3,(H,26,27)/t22-/m1/s1. The predicted molar refractivity (Wildman–Crippen MR) is 116 cm³/mol. The first-order valence-corrected chi connectivity index (χ1v) is 10.9. The predicted octanol–water partition coefficient (Wildman–Crippen LogP) is 3.73. The number of nitrogens with one attached hydrogen (secondary N) is 1. The van der Waals surface area contributed by atoms with E-state index in [2.05, 4.69) is 26.2 Å². The Morgan fingerprint density at radius 3 is 2.81 bits per heavy atom. The lowest BCUT2D eigenvalue weighted by Gasteiger charge is -2.46. The average molecular weight is 507 g/mol. The first-order valence-electron chi connectivity index (χ1n) is 10.1. The van der Waals surface area contributed by atoms with Crippen LogP contribution in [0.15, 0.2) is 52.3 Å². The molecule has 2 aromatic rings. The van der Waals surface area contributed by atoms with Crippen molar-refractivity contribution in [3.8, 4) is 0 Å². The van der Waals surface area contributed by atoms with E-state index in [1.54, 1.807) is 30.3 Å². The molecule has 2 N–H and O–H groups in total. The van der Waals surface area contributed by atoms with E-state index < -0.39 is 28.9 Å². The van der Waals surface area contributed by atoms with E-state index in [9.17, 15) is 23.5 Å². The molecule has 1 saturated heterocycles. The van der Waals surface area contributed by atoms with E-state index in [0.29, 0.717) is 25.2 Å². The van der Waals surface area contributed by atoms with Crippen molar-refractivity contribution >= 4 is 33.4 Å². The molecule has 0 spiro atoms. The smallest absolute Gasteiger partial charge is 0.275 e. The van der Waals surface area contributed by atoms with Gasteiger partial charge in [0, 0.05) is 22.8 Å². The van der Waals surface area contributed by atoms with Crippen molar-refractivity contribution in [2.45, 2.75) is 31.8 Å². The molecule has 7 nitrogen and oxygen atoms in total. The molecule has 4 rings (SSSR count). The minimum Gasteiger partial charge on any atom is -0.509 e. The number of amides is 1. The van der Waals surface area contributed by atoms with Gasteiger partial charge >= 0.3 is 0 Å². The summed E-state index contributed by atoms with van der Waals surface area (Å²) in [7, 11) is 0. The zero-order valence-corrected chi connectivity index (χ0v) is 18.8. The molecule has 0 radical (unpaired) electrons. The molecule has 0 bridgehead atoms. The van der Waals surface area contributed by atoms with Crippen LogP contribution in [0.25, 0.3) is 0 Å². The molecule has 1 aromatic heterocycles. The molecule has 3 heterocycles. The number of aliphatic hydroxyl groups excluding tert-OH is 1. The Kier molecular flexibility index (Phi) is 6.00. The molecule has 168 valence electrons. The van der Waals surface area contributed by atoms with Crippen LogP contribution in [-0.4, -0.2) is 50.4 Å². The van der Waals surface area contributed by atoms with Crippen molar-refractivity contribution in [1.82, 2.24) is 15.0 Å². The van der Waals surface area contributed by atoms with Gasteiger partial charge in [0.25, 0.3) is 5.91 Å². The van der Waals surface area contributed by atoms with Gasteiger partial charge in [0.1, 0.15) is 17.2 Å². The number of hydrogen-bond donors (Lipinski definition) is 2. The molecule has 1 atom stereocenters. The molecule has 0 aliphatic carbocycles. The number of pyridine rings is 1. The van der Waals surface area contributed by atoms with Gasteiger partial charge in [0.05, 0.1) is 18.6 Å². The number of ketones is 1. The normalized spacial score (nSPS) is 21.1. The molecular weight excluding hydrogens is 486 g/mol. The van der Waals surface area contributed by atoms with Crippen LogP contribution < -0.4 is 5.32 Å². The number of hydrazine groups is 1. The lowest BCUT2D eigenvalue weighted by Crippen LogP contribution is -2.60. The van der Waals surface area contributed by atoms with E-state index in [4.69, 9.17) is 0 Å². The van der Waals surface area contributed by atoms with E-state index in [-0.39, 0.29) is 30.0 Å². The van der Waals surface area contributed by atoms with Crippen LogP contribution in [0, 0.1) is 11.6 Å². The largest absolute Gasteiger partial charge is 0.509 e. The third kappa shape index (κ3) is 3.88. The van der Waals surface area contributed by atoms with Crippen molar-refractivity contribution in [1.29, 1.82) is 0 Å². The Hall–Kier alpha value is -2.85. The zero-order chi connectivity index (χ0) is 23.0. The minimum atomic E-state index is -1.05. The molecule has 1 fully saturated rings. The topological polar surface area (TPSA) is 85.8 Å². The van der Waals surface area contributed by atoms with Crippen molar-refractivity contribution < 1.29 is 23.5 Å². The number of carbonyl (C=O) groups is 2. The number of aliphatic hydroxyl groups is 1. The third-order valence-electron chi connectivity index (χ3n) is 5.88. The highest BCUT2D eigenvalue weighted by atomic mass is 79.9. The summed E-state index contributed by atoms with van der Waals surface area (Å²) < 4.78 is 28.8. The van der Waals surface area contributed by atoms with Crippen LogP contribution in [0.3, 0.4) is 0 Å². The Morgan fingerprint density at radius 1 is 1.31 bits per heavy atom. The monoisotopic (exact) mass is 506 g/mol. The summed E-state index contributed by atoms with van der Waals surface area (Å²) in [6.07, 6.45) is 2.73. The van der Waals surface area contributed by atoms with Gasteiger partial charge in [-0.15, -0.1) is 0 Å². The van der Waals surface area contributed by atoms with E-state index in [0.717, 1.165) is 10.5 Å². The number of Topliss-reactive ketones (excluding diaryl/α,β-unsaturated/α-hetero) is 1. The number of benzene rings is 1. The third-order valence-corrected chi connectivity index (χ3v) is 6.35. The maximum atomic E-state index is 14.3. The molecule has 32 heavy (non-hydrogen) atoms. The Morgan fingerprint density at radius 2 is 2.09 bits per heavy atom. The molecule has 10 heteroatoms. The molecule has 0 unspecified atom stereocenters. The van der Waals surface area contributed by atoms with Crippen LogP contribution in [0.4, 0.5) is 14.6 Å². The summed E-state index contributed by atoms with van der Waals surface area (Å²) in [5.74, 6) is -3.30. The van der Waals surface area contributed by atoms with E-state index >= 15 is 0 Å². The van der Waals surface area contributed by atoms with Crippen molar-refractivity contribution in [2.75, 3.05) is 18.4 Å². The number of halogens is 3. The average Bonchev–Trinajstić information content (AvgIpc) is 3.17. The Balaban J connectivity index is 1.63. The minimum absolute atomic E-state index is 0.0158. The fraction of sp³-hybridized carbons (Fsp3) is 0.318. The molecule has 1 amide bonds. The molecule has 0 saturated carbocycles. The maximum absolute atomic E-state index is 14.3. The summed E-state index contributed by atoms with van der Waals surface area (Å²) >= 11 is 3.28. The van der Waals surface area contributed by atoms with Crippen LogP contribution in [0.1, 0.15) is 25.3 Å². The second kappa shape index (κ2) is 8.59. The van der Waals surface area contributed by atoms with Crippen LogP contribution >= 0.6 is 15.9 Å². The van der Waals surface area contributed by atoms with Crippen LogP contribution in [0.5, 0.6) is 0 Å². The van der Waals surface area contributed by atoms with E-state index in [1.165, 1.54) is 17.1 Å². The van der Waals surface area contributed by atoms with Crippen molar-refractivity contribution in [3.05, 3.63) is 69.5 Å². The number of carbonyl (C=O) groups excluding carboxylic acids is 2.